The van der Waals surface area contributed by atoms with E-state index in [1.807, 2.05) is 0 Å². The van der Waals surface area contributed by atoms with E-state index in [0.717, 1.165) is 31.6 Å². The van der Waals surface area contributed by atoms with Gasteiger partial charge in [0.25, 0.3) is 0 Å². The van der Waals surface area contributed by atoms with Crippen molar-refractivity contribution in [1.82, 2.24) is 5.32 Å². The third-order valence-electron chi connectivity index (χ3n) is 3.27. The van der Waals surface area contributed by atoms with Crippen molar-refractivity contribution < 1.29 is 4.74 Å². The van der Waals surface area contributed by atoms with Crippen LogP contribution in [0.1, 0.15) is 40.0 Å². The Bertz CT molecular complexity index is 143. The molecule has 3 unspecified atom stereocenters. The maximum atomic E-state index is 5.47. The predicted octanol–water partition coefficient (Wildman–Crippen LogP) is 2.44. The molecule has 0 aromatic rings. The lowest BCUT2D eigenvalue weighted by Crippen LogP contribution is -2.41. The van der Waals surface area contributed by atoms with Crippen LogP contribution in [0.3, 0.4) is 0 Å². The summed E-state index contributed by atoms with van der Waals surface area (Å²) in [6, 6.07) is 0.669. The predicted molar refractivity (Wildman–Crippen MR) is 60.5 cm³/mol. The summed E-state index contributed by atoms with van der Waals surface area (Å²) in [5.74, 6) is 1.53. The Morgan fingerprint density at radius 3 is 2.71 bits per heavy atom. The molecule has 0 radical (unpaired) electrons. The highest BCUT2D eigenvalue weighted by molar-refractivity contribution is 4.82. The highest BCUT2D eigenvalue weighted by Gasteiger charge is 2.28. The van der Waals surface area contributed by atoms with Crippen molar-refractivity contribution >= 4 is 0 Å². The van der Waals surface area contributed by atoms with Crippen LogP contribution >= 0.6 is 0 Å². The first-order valence-corrected chi connectivity index (χ1v) is 6.10. The van der Waals surface area contributed by atoms with Crippen LogP contribution in [0, 0.1) is 11.8 Å². The number of rotatable bonds is 6. The molecule has 0 bridgehead atoms. The van der Waals surface area contributed by atoms with Gasteiger partial charge >= 0.3 is 0 Å². The van der Waals surface area contributed by atoms with E-state index in [1.165, 1.54) is 19.3 Å². The summed E-state index contributed by atoms with van der Waals surface area (Å²) in [5, 5.41) is 3.63. The molecule has 3 atom stereocenters. The van der Waals surface area contributed by atoms with E-state index in [9.17, 15) is 0 Å². The van der Waals surface area contributed by atoms with Crippen LogP contribution < -0.4 is 5.32 Å². The molecule has 0 spiro atoms. The molecule has 0 saturated carbocycles. The van der Waals surface area contributed by atoms with Crippen molar-refractivity contribution in [2.75, 3.05) is 19.8 Å². The van der Waals surface area contributed by atoms with Gasteiger partial charge < -0.3 is 10.1 Å². The summed E-state index contributed by atoms with van der Waals surface area (Å²) >= 11 is 0. The van der Waals surface area contributed by atoms with Gasteiger partial charge in [0.2, 0.25) is 0 Å². The molecular formula is C12H25NO. The lowest BCUT2D eigenvalue weighted by Gasteiger charge is -2.29. The van der Waals surface area contributed by atoms with Crippen LogP contribution in [0.5, 0.6) is 0 Å². The van der Waals surface area contributed by atoms with Gasteiger partial charge in [0, 0.05) is 18.6 Å². The van der Waals surface area contributed by atoms with E-state index in [4.69, 9.17) is 4.74 Å². The van der Waals surface area contributed by atoms with E-state index >= 15 is 0 Å². The minimum atomic E-state index is 0.669. The number of nitrogens with one attached hydrogen (secondary N) is 1. The Morgan fingerprint density at radius 1 is 1.43 bits per heavy atom. The average Bonchev–Trinajstić information content (AvgIpc) is 2.67. The lowest BCUT2D eigenvalue weighted by atomic mass is 9.86. The second-order valence-corrected chi connectivity index (χ2v) is 4.47. The lowest BCUT2D eigenvalue weighted by molar-refractivity contribution is 0.165. The quantitative estimate of drug-likeness (QED) is 0.709. The summed E-state index contributed by atoms with van der Waals surface area (Å²) in [6.45, 7) is 9.84. The summed E-state index contributed by atoms with van der Waals surface area (Å²) in [4.78, 5) is 0. The molecule has 0 aliphatic carbocycles. The molecule has 1 N–H and O–H groups in total. The Balaban J connectivity index is 2.43. The minimum Gasteiger partial charge on any atom is -0.381 e. The van der Waals surface area contributed by atoms with Gasteiger partial charge in [-0.15, -0.1) is 0 Å². The number of hydrogen-bond donors (Lipinski definition) is 1. The SMILES string of the molecule is CCCC(C)C(NCC)C1CCOC1. The Labute approximate surface area is 88.4 Å². The highest BCUT2D eigenvalue weighted by Crippen LogP contribution is 2.24. The molecule has 84 valence electrons. The molecular weight excluding hydrogens is 174 g/mol. The van der Waals surface area contributed by atoms with Crippen molar-refractivity contribution in [3.05, 3.63) is 0 Å². The zero-order chi connectivity index (χ0) is 10.4. The van der Waals surface area contributed by atoms with E-state index in [2.05, 4.69) is 26.1 Å². The maximum Gasteiger partial charge on any atom is 0.0510 e. The summed E-state index contributed by atoms with van der Waals surface area (Å²) in [7, 11) is 0. The molecule has 2 nitrogen and oxygen atoms in total. The van der Waals surface area contributed by atoms with Crippen molar-refractivity contribution in [3.63, 3.8) is 0 Å². The first-order valence-electron chi connectivity index (χ1n) is 6.10. The summed E-state index contributed by atoms with van der Waals surface area (Å²) in [5.41, 5.74) is 0. The van der Waals surface area contributed by atoms with Crippen molar-refractivity contribution in [2.24, 2.45) is 11.8 Å². The van der Waals surface area contributed by atoms with Gasteiger partial charge in [-0.3, -0.25) is 0 Å². The molecule has 1 heterocycles. The summed E-state index contributed by atoms with van der Waals surface area (Å²) in [6.07, 6.45) is 3.86. The normalized spacial score (nSPS) is 26.4. The van der Waals surface area contributed by atoms with Gasteiger partial charge in [0.1, 0.15) is 0 Å². The average molecular weight is 199 g/mol. The van der Waals surface area contributed by atoms with Gasteiger partial charge in [-0.2, -0.15) is 0 Å². The minimum absolute atomic E-state index is 0.669. The van der Waals surface area contributed by atoms with Gasteiger partial charge in [-0.1, -0.05) is 27.2 Å². The monoisotopic (exact) mass is 199 g/mol. The Morgan fingerprint density at radius 2 is 2.21 bits per heavy atom. The third-order valence-corrected chi connectivity index (χ3v) is 3.27. The van der Waals surface area contributed by atoms with Crippen LogP contribution in [0.15, 0.2) is 0 Å². The van der Waals surface area contributed by atoms with E-state index in [0.29, 0.717) is 6.04 Å². The second-order valence-electron chi connectivity index (χ2n) is 4.47. The van der Waals surface area contributed by atoms with Crippen LogP contribution in [0.25, 0.3) is 0 Å². The number of ether oxygens (including phenoxy) is 1. The van der Waals surface area contributed by atoms with E-state index < -0.39 is 0 Å². The fourth-order valence-corrected chi connectivity index (χ4v) is 2.54. The maximum absolute atomic E-state index is 5.47. The van der Waals surface area contributed by atoms with Gasteiger partial charge in [-0.25, -0.2) is 0 Å². The smallest absolute Gasteiger partial charge is 0.0510 e. The van der Waals surface area contributed by atoms with Crippen LogP contribution in [0.4, 0.5) is 0 Å². The second kappa shape index (κ2) is 6.41. The molecule has 2 heteroatoms. The van der Waals surface area contributed by atoms with Crippen LogP contribution in [-0.4, -0.2) is 25.8 Å². The Kier molecular flexibility index (Phi) is 5.49. The van der Waals surface area contributed by atoms with E-state index in [1.54, 1.807) is 0 Å². The first kappa shape index (κ1) is 12.0. The largest absolute Gasteiger partial charge is 0.381 e. The topological polar surface area (TPSA) is 21.3 Å². The summed E-state index contributed by atoms with van der Waals surface area (Å²) < 4.78 is 5.47. The fourth-order valence-electron chi connectivity index (χ4n) is 2.54. The molecule has 1 aliphatic heterocycles. The highest BCUT2D eigenvalue weighted by atomic mass is 16.5. The van der Waals surface area contributed by atoms with Gasteiger partial charge in [0.05, 0.1) is 6.61 Å². The Hall–Kier alpha value is -0.0800. The molecule has 1 aliphatic rings. The number of hydrogen-bond acceptors (Lipinski definition) is 2. The van der Waals surface area contributed by atoms with Gasteiger partial charge in [0.15, 0.2) is 0 Å². The zero-order valence-corrected chi connectivity index (χ0v) is 9.88. The third kappa shape index (κ3) is 3.25. The van der Waals surface area contributed by atoms with Crippen molar-refractivity contribution in [3.8, 4) is 0 Å². The first-order chi connectivity index (χ1) is 6.79. The molecule has 0 aromatic carbocycles. The van der Waals surface area contributed by atoms with Crippen LogP contribution in [-0.2, 0) is 4.74 Å². The fraction of sp³-hybridized carbons (Fsp3) is 1.00. The standard InChI is InChI=1S/C12H25NO/c1-4-6-10(3)12(13-5-2)11-7-8-14-9-11/h10-13H,4-9H2,1-3H3. The van der Waals surface area contributed by atoms with Crippen LogP contribution in [0.2, 0.25) is 0 Å². The molecule has 1 fully saturated rings. The van der Waals surface area contributed by atoms with Gasteiger partial charge in [-0.05, 0) is 25.3 Å². The molecule has 0 amide bonds. The van der Waals surface area contributed by atoms with Crippen molar-refractivity contribution in [2.45, 2.75) is 46.1 Å². The molecule has 1 saturated heterocycles. The zero-order valence-electron chi connectivity index (χ0n) is 9.88. The molecule has 14 heavy (non-hydrogen) atoms. The molecule has 1 rings (SSSR count). The van der Waals surface area contributed by atoms with Crippen molar-refractivity contribution in [1.29, 1.82) is 0 Å². The molecule has 0 aromatic heterocycles. The van der Waals surface area contributed by atoms with E-state index in [-0.39, 0.29) is 0 Å².